The molecule has 0 spiro atoms. The molecule has 0 amide bonds. The molecule has 2 aliphatic heterocycles. The molecular weight excluding hydrogens is 404 g/mol. The van der Waals surface area contributed by atoms with E-state index in [4.69, 9.17) is 4.74 Å². The zero-order valence-corrected chi connectivity index (χ0v) is 16.8. The standard InChI is InChI=1S/C22H21F2N5O2/c1-11(14-7-19-22(23,24)8-16(27-19)20(14)31-2)17-10-26-21(29-28-17)15-5-12-3-4-25-9-13(12)6-18(15)30/h3-6,9-10,14,16,19-20,27,30H,1,7-8H2,2H3/t14?,16?,19?,20-/m1/s1. The molecule has 2 saturated heterocycles. The van der Waals surface area contributed by atoms with Gasteiger partial charge in [-0.05, 0) is 35.6 Å². The summed E-state index contributed by atoms with van der Waals surface area (Å²) in [5.41, 5.74) is 1.43. The average Bonchev–Trinajstić information content (AvgIpc) is 3.01. The van der Waals surface area contributed by atoms with E-state index in [1.165, 1.54) is 13.3 Å². The molecule has 4 heterocycles. The number of halogens is 2. The van der Waals surface area contributed by atoms with Gasteiger partial charge in [-0.3, -0.25) is 4.98 Å². The van der Waals surface area contributed by atoms with E-state index in [1.54, 1.807) is 24.5 Å². The van der Waals surface area contributed by atoms with E-state index < -0.39 is 24.1 Å². The van der Waals surface area contributed by atoms with Crippen LogP contribution in [0, 0.1) is 5.92 Å². The van der Waals surface area contributed by atoms with Crippen LogP contribution in [-0.4, -0.2) is 56.5 Å². The minimum absolute atomic E-state index is 0.0190. The number of nitrogens with zero attached hydrogens (tertiary/aromatic N) is 4. The zero-order chi connectivity index (χ0) is 21.8. The number of nitrogens with one attached hydrogen (secondary N) is 1. The Morgan fingerprint density at radius 2 is 2.10 bits per heavy atom. The van der Waals surface area contributed by atoms with Gasteiger partial charge in [0.2, 0.25) is 0 Å². The van der Waals surface area contributed by atoms with Gasteiger partial charge < -0.3 is 15.2 Å². The van der Waals surface area contributed by atoms with Gasteiger partial charge in [-0.2, -0.15) is 0 Å². The predicted octanol–water partition coefficient (Wildman–Crippen LogP) is 3.21. The number of aromatic nitrogens is 4. The maximum absolute atomic E-state index is 14.2. The summed E-state index contributed by atoms with van der Waals surface area (Å²) in [7, 11) is 1.52. The summed E-state index contributed by atoms with van der Waals surface area (Å²) in [5.74, 6) is -2.82. The molecule has 9 heteroatoms. The second kappa shape index (κ2) is 7.28. The Bertz CT molecular complexity index is 1150. The quantitative estimate of drug-likeness (QED) is 0.663. The molecule has 1 aromatic carbocycles. The molecule has 3 unspecified atom stereocenters. The highest BCUT2D eigenvalue weighted by atomic mass is 19.3. The molecule has 7 nitrogen and oxygen atoms in total. The summed E-state index contributed by atoms with van der Waals surface area (Å²) in [4.78, 5) is 8.39. The van der Waals surface area contributed by atoms with E-state index >= 15 is 0 Å². The number of benzene rings is 1. The molecule has 4 atom stereocenters. The molecule has 31 heavy (non-hydrogen) atoms. The number of methoxy groups -OCH3 is 1. The molecule has 0 aliphatic carbocycles. The topological polar surface area (TPSA) is 93.1 Å². The number of aromatic hydroxyl groups is 1. The van der Waals surface area contributed by atoms with Crippen molar-refractivity contribution >= 4 is 16.3 Å². The number of pyridine rings is 1. The van der Waals surface area contributed by atoms with Crippen molar-refractivity contribution < 1.29 is 18.6 Å². The molecule has 160 valence electrons. The molecule has 0 radical (unpaired) electrons. The Balaban J connectivity index is 1.43. The third-order valence-corrected chi connectivity index (χ3v) is 6.31. The van der Waals surface area contributed by atoms with Crippen LogP contribution in [0.4, 0.5) is 8.78 Å². The van der Waals surface area contributed by atoms with E-state index in [-0.39, 0.29) is 30.3 Å². The summed E-state index contributed by atoms with van der Waals surface area (Å²) in [6.07, 6.45) is 4.35. The summed E-state index contributed by atoms with van der Waals surface area (Å²) in [6.45, 7) is 4.10. The van der Waals surface area contributed by atoms with Crippen molar-refractivity contribution in [2.24, 2.45) is 5.92 Å². The SMILES string of the molecule is C=C(c1cnc(-c2cc3ccncc3cc2O)nn1)C1CC2NC(CC2(F)F)[C@@H]1OC. The molecule has 0 saturated carbocycles. The maximum atomic E-state index is 14.2. The second-order valence-corrected chi connectivity index (χ2v) is 8.12. The molecule has 2 aromatic heterocycles. The van der Waals surface area contributed by atoms with Gasteiger partial charge in [0.1, 0.15) is 11.4 Å². The van der Waals surface area contributed by atoms with Gasteiger partial charge in [-0.15, -0.1) is 10.2 Å². The lowest BCUT2D eigenvalue weighted by molar-refractivity contribution is -0.0153. The Kier molecular flexibility index (Phi) is 4.67. The summed E-state index contributed by atoms with van der Waals surface area (Å²) >= 11 is 0. The Morgan fingerprint density at radius 3 is 2.84 bits per heavy atom. The highest BCUT2D eigenvalue weighted by molar-refractivity contribution is 5.88. The highest BCUT2D eigenvalue weighted by Gasteiger charge is 2.57. The van der Waals surface area contributed by atoms with Crippen LogP contribution < -0.4 is 5.32 Å². The van der Waals surface area contributed by atoms with Gasteiger partial charge in [0.15, 0.2) is 5.82 Å². The number of hydrogen-bond donors (Lipinski definition) is 2. The number of fused-ring (bicyclic) bond motifs is 3. The van der Waals surface area contributed by atoms with Crippen LogP contribution in [0.15, 0.2) is 43.4 Å². The second-order valence-electron chi connectivity index (χ2n) is 8.12. The lowest BCUT2D eigenvalue weighted by atomic mass is 9.82. The minimum Gasteiger partial charge on any atom is -0.507 e. The van der Waals surface area contributed by atoms with E-state index in [2.05, 4.69) is 32.1 Å². The van der Waals surface area contributed by atoms with Crippen LogP contribution in [0.2, 0.25) is 0 Å². The van der Waals surface area contributed by atoms with Gasteiger partial charge in [0.05, 0.1) is 23.9 Å². The number of rotatable bonds is 4. The molecule has 5 rings (SSSR count). The molecule has 2 fully saturated rings. The van der Waals surface area contributed by atoms with Gasteiger partial charge in [-0.25, -0.2) is 13.8 Å². The van der Waals surface area contributed by atoms with Gasteiger partial charge in [0.25, 0.3) is 5.92 Å². The average molecular weight is 425 g/mol. The lowest BCUT2D eigenvalue weighted by Crippen LogP contribution is -2.51. The van der Waals surface area contributed by atoms with Gasteiger partial charge in [-0.1, -0.05) is 6.58 Å². The number of phenolic OH excluding ortho intramolecular Hbond substituents is 1. The maximum Gasteiger partial charge on any atom is 0.264 e. The van der Waals surface area contributed by atoms with E-state index in [0.717, 1.165) is 10.8 Å². The molecule has 2 bridgehead atoms. The largest absolute Gasteiger partial charge is 0.507 e. The van der Waals surface area contributed by atoms with Crippen molar-refractivity contribution in [1.82, 2.24) is 25.5 Å². The highest BCUT2D eigenvalue weighted by Crippen LogP contribution is 2.45. The van der Waals surface area contributed by atoms with Crippen molar-refractivity contribution in [2.45, 2.75) is 37.0 Å². The van der Waals surface area contributed by atoms with Crippen LogP contribution in [0.3, 0.4) is 0 Å². The summed E-state index contributed by atoms with van der Waals surface area (Å²) in [5, 5.41) is 23.4. The minimum atomic E-state index is -2.77. The number of ether oxygens (including phenoxy) is 1. The molecule has 2 aliphatic rings. The fourth-order valence-corrected chi connectivity index (χ4v) is 4.70. The van der Waals surface area contributed by atoms with Crippen molar-refractivity contribution in [3.8, 4) is 17.1 Å². The predicted molar refractivity (Wildman–Crippen MR) is 110 cm³/mol. The fourth-order valence-electron chi connectivity index (χ4n) is 4.70. The van der Waals surface area contributed by atoms with Crippen LogP contribution in [-0.2, 0) is 4.74 Å². The molecule has 3 aromatic rings. The smallest absolute Gasteiger partial charge is 0.264 e. The molecular formula is C22H21F2N5O2. The fraction of sp³-hybridized carbons (Fsp3) is 0.364. The lowest BCUT2D eigenvalue weighted by Gasteiger charge is -2.37. The Morgan fingerprint density at radius 1 is 1.26 bits per heavy atom. The first-order valence-electron chi connectivity index (χ1n) is 10.00. The molecule has 2 N–H and O–H groups in total. The van der Waals surface area contributed by atoms with Crippen molar-refractivity contribution in [3.63, 3.8) is 0 Å². The summed E-state index contributed by atoms with van der Waals surface area (Å²) < 4.78 is 34.0. The van der Waals surface area contributed by atoms with Gasteiger partial charge in [0, 0.05) is 43.3 Å². The van der Waals surface area contributed by atoms with Crippen LogP contribution in [0.5, 0.6) is 5.75 Å². The zero-order valence-electron chi connectivity index (χ0n) is 16.8. The van der Waals surface area contributed by atoms with E-state index in [9.17, 15) is 13.9 Å². The summed E-state index contributed by atoms with van der Waals surface area (Å²) in [6, 6.07) is 3.85. The van der Waals surface area contributed by atoms with Crippen LogP contribution in [0.25, 0.3) is 27.7 Å². The third-order valence-electron chi connectivity index (χ3n) is 6.31. The monoisotopic (exact) mass is 425 g/mol. The van der Waals surface area contributed by atoms with Crippen molar-refractivity contribution in [1.29, 1.82) is 0 Å². The van der Waals surface area contributed by atoms with Crippen molar-refractivity contribution in [2.75, 3.05) is 7.11 Å². The number of phenols is 1. The number of hydrogen-bond acceptors (Lipinski definition) is 7. The Hall–Kier alpha value is -3.04. The van der Waals surface area contributed by atoms with Crippen molar-refractivity contribution in [3.05, 3.63) is 49.1 Å². The van der Waals surface area contributed by atoms with Crippen LogP contribution >= 0.6 is 0 Å². The third kappa shape index (κ3) is 3.34. The van der Waals surface area contributed by atoms with E-state index in [1.807, 2.05) is 6.07 Å². The van der Waals surface area contributed by atoms with Crippen LogP contribution in [0.1, 0.15) is 18.5 Å². The first-order valence-corrected chi connectivity index (χ1v) is 10.00. The van der Waals surface area contributed by atoms with E-state index in [0.29, 0.717) is 16.8 Å². The normalized spacial score (nSPS) is 26.8. The Labute approximate surface area is 177 Å². The first-order chi connectivity index (χ1) is 14.9. The van der Waals surface area contributed by atoms with Gasteiger partial charge >= 0.3 is 0 Å². The number of alkyl halides is 2. The number of piperidine rings is 1. The first kappa shape index (κ1) is 19.9.